The summed E-state index contributed by atoms with van der Waals surface area (Å²) in [6, 6.07) is 13.3. The highest BCUT2D eigenvalue weighted by Crippen LogP contribution is 2.30. The molecule has 210 valence electrons. The molecule has 1 aliphatic rings. The van der Waals surface area contributed by atoms with Crippen LogP contribution in [0.5, 0.6) is 0 Å². The predicted octanol–water partition coefficient (Wildman–Crippen LogP) is 5.49. The van der Waals surface area contributed by atoms with Crippen molar-refractivity contribution in [1.29, 1.82) is 0 Å². The minimum atomic E-state index is -4.60. The fourth-order valence-corrected chi connectivity index (χ4v) is 4.62. The zero-order valence-corrected chi connectivity index (χ0v) is 21.6. The summed E-state index contributed by atoms with van der Waals surface area (Å²) in [5.41, 5.74) is 8.78. The smallest absolute Gasteiger partial charge is 0.383 e. The van der Waals surface area contributed by atoms with Crippen LogP contribution in [0.25, 0.3) is 27.8 Å². The fourth-order valence-electron chi connectivity index (χ4n) is 4.62. The average molecular weight is 564 g/mol. The summed E-state index contributed by atoms with van der Waals surface area (Å²) in [7, 11) is 0. The van der Waals surface area contributed by atoms with Crippen LogP contribution in [-0.2, 0) is 6.54 Å². The number of anilines is 2. The number of amides is 1. The molecule has 0 atom stereocenters. The van der Waals surface area contributed by atoms with Crippen LogP contribution in [0.1, 0.15) is 22.3 Å². The van der Waals surface area contributed by atoms with Crippen molar-refractivity contribution in [1.82, 2.24) is 14.9 Å². The number of halogens is 4. The van der Waals surface area contributed by atoms with E-state index in [1.165, 1.54) is 17.7 Å². The Labute approximate surface area is 232 Å². The van der Waals surface area contributed by atoms with Gasteiger partial charge in [-0.3, -0.25) is 9.59 Å². The lowest BCUT2D eigenvalue weighted by molar-refractivity contribution is -0.140. The molecule has 41 heavy (non-hydrogen) atoms. The van der Waals surface area contributed by atoms with Crippen molar-refractivity contribution in [3.8, 4) is 22.3 Å². The van der Waals surface area contributed by atoms with Crippen LogP contribution in [0, 0.1) is 5.82 Å². The Bertz CT molecular complexity index is 1680. The zero-order chi connectivity index (χ0) is 29.1. The van der Waals surface area contributed by atoms with E-state index in [1.54, 1.807) is 30.5 Å². The first kappa shape index (κ1) is 27.8. The normalized spacial score (nSPS) is 13.5. The predicted molar refractivity (Wildman–Crippen MR) is 150 cm³/mol. The van der Waals surface area contributed by atoms with Crippen LogP contribution in [0.4, 0.5) is 29.1 Å². The number of rotatable bonds is 6. The van der Waals surface area contributed by atoms with E-state index in [4.69, 9.17) is 5.73 Å². The van der Waals surface area contributed by atoms with E-state index < -0.39 is 35.4 Å². The number of nitrogens with two attached hydrogens (primary N) is 1. The third-order valence-corrected chi connectivity index (χ3v) is 6.65. The lowest BCUT2D eigenvalue weighted by Crippen LogP contribution is -2.27. The van der Waals surface area contributed by atoms with Gasteiger partial charge in [0.2, 0.25) is 5.43 Å². The molecule has 0 spiro atoms. The largest absolute Gasteiger partial charge is 0.406 e. The highest BCUT2D eigenvalue weighted by molar-refractivity contribution is 6.04. The molecule has 4 aromatic rings. The third kappa shape index (κ3) is 6.52. The number of hydrogen-bond donors (Lipinski definition) is 3. The van der Waals surface area contributed by atoms with Gasteiger partial charge in [-0.05, 0) is 65.6 Å². The maximum Gasteiger partial charge on any atom is 0.406 e. The molecule has 0 unspecified atom stereocenters. The van der Waals surface area contributed by atoms with Gasteiger partial charge in [0.25, 0.3) is 5.91 Å². The van der Waals surface area contributed by atoms with E-state index in [0.717, 1.165) is 59.7 Å². The van der Waals surface area contributed by atoms with Gasteiger partial charge in [-0.25, -0.2) is 9.37 Å². The van der Waals surface area contributed by atoms with E-state index in [9.17, 15) is 27.2 Å². The van der Waals surface area contributed by atoms with Crippen molar-refractivity contribution in [3.63, 3.8) is 0 Å². The molecule has 4 N–H and O–H groups in total. The van der Waals surface area contributed by atoms with E-state index >= 15 is 0 Å². The van der Waals surface area contributed by atoms with Crippen LogP contribution in [0.3, 0.4) is 0 Å². The molecule has 1 amide bonds. The summed E-state index contributed by atoms with van der Waals surface area (Å²) in [6.45, 7) is 0.226. The number of nitrogens with one attached hydrogen (secondary N) is 2. The molecule has 5 rings (SSSR count). The number of aromatic nitrogens is 2. The number of nitrogens with zero attached hydrogens (tertiary/aromatic N) is 2. The van der Waals surface area contributed by atoms with Gasteiger partial charge in [0.15, 0.2) is 0 Å². The molecule has 0 aliphatic carbocycles. The minimum absolute atomic E-state index is 0.163. The Morgan fingerprint density at radius 2 is 1.68 bits per heavy atom. The average Bonchev–Trinajstić information content (AvgIpc) is 2.95. The Hall–Kier alpha value is -4.77. The molecule has 2 aromatic carbocycles. The van der Waals surface area contributed by atoms with Gasteiger partial charge in [-0.2, -0.15) is 13.2 Å². The van der Waals surface area contributed by atoms with Crippen LogP contribution < -0.4 is 21.8 Å². The second kappa shape index (κ2) is 11.4. The topological polar surface area (TPSA) is 102 Å². The Morgan fingerprint density at radius 1 is 1.00 bits per heavy atom. The van der Waals surface area contributed by atoms with Gasteiger partial charge in [0.1, 0.15) is 23.7 Å². The van der Waals surface area contributed by atoms with E-state index in [1.807, 2.05) is 6.07 Å². The monoisotopic (exact) mass is 563 g/mol. The zero-order valence-electron chi connectivity index (χ0n) is 21.6. The molecule has 0 saturated carbocycles. The first-order chi connectivity index (χ1) is 19.6. The van der Waals surface area contributed by atoms with Gasteiger partial charge in [-0.1, -0.05) is 30.3 Å². The number of benzene rings is 2. The Balaban J connectivity index is 1.43. The molecule has 0 bridgehead atoms. The number of carbonyl (C=O) groups excluding carboxylic acids is 1. The quantitative estimate of drug-likeness (QED) is 0.270. The maximum absolute atomic E-state index is 13.4. The molecule has 2 aromatic heterocycles. The number of nitrogen functional groups attached to an aromatic ring is 1. The van der Waals surface area contributed by atoms with Crippen molar-refractivity contribution in [2.24, 2.45) is 0 Å². The SMILES string of the molecule is Nc1ncc(C2=CCNCC2)cc1-c1ccc(NC(=O)c2cn(CC(F)(F)F)cc(-c3ccc(F)cc3)c2=O)cc1. The molecule has 0 radical (unpaired) electrons. The summed E-state index contributed by atoms with van der Waals surface area (Å²) >= 11 is 0. The van der Waals surface area contributed by atoms with Crippen LogP contribution in [0.15, 0.2) is 84.1 Å². The third-order valence-electron chi connectivity index (χ3n) is 6.65. The second-order valence-electron chi connectivity index (χ2n) is 9.58. The van der Waals surface area contributed by atoms with Crippen LogP contribution in [-0.4, -0.2) is 34.7 Å². The van der Waals surface area contributed by atoms with Gasteiger partial charge in [-0.15, -0.1) is 0 Å². The Morgan fingerprint density at radius 3 is 2.34 bits per heavy atom. The summed E-state index contributed by atoms with van der Waals surface area (Å²) in [6.07, 6.45) is 1.96. The highest BCUT2D eigenvalue weighted by Gasteiger charge is 2.29. The lowest BCUT2D eigenvalue weighted by Gasteiger charge is -2.16. The molecule has 0 fully saturated rings. The first-order valence-electron chi connectivity index (χ1n) is 12.7. The van der Waals surface area contributed by atoms with E-state index in [0.29, 0.717) is 17.1 Å². The highest BCUT2D eigenvalue weighted by atomic mass is 19.4. The van der Waals surface area contributed by atoms with Gasteiger partial charge in [0, 0.05) is 41.9 Å². The molecular formula is C30H25F4N5O2. The summed E-state index contributed by atoms with van der Waals surface area (Å²) in [4.78, 5) is 30.6. The van der Waals surface area contributed by atoms with Gasteiger partial charge in [0.05, 0.1) is 0 Å². The Kier molecular flexibility index (Phi) is 7.71. The van der Waals surface area contributed by atoms with Crippen molar-refractivity contribution < 1.29 is 22.4 Å². The summed E-state index contributed by atoms with van der Waals surface area (Å²) in [5.74, 6) is -1.12. The summed E-state index contributed by atoms with van der Waals surface area (Å²) in [5, 5.41) is 5.84. The number of carbonyl (C=O) groups is 1. The van der Waals surface area contributed by atoms with Crippen molar-refractivity contribution >= 4 is 23.0 Å². The minimum Gasteiger partial charge on any atom is -0.383 e. The van der Waals surface area contributed by atoms with Crippen LogP contribution in [0.2, 0.25) is 0 Å². The molecule has 11 heteroatoms. The number of hydrogen-bond acceptors (Lipinski definition) is 5. The lowest BCUT2D eigenvalue weighted by atomic mass is 9.98. The first-order valence-corrected chi connectivity index (χ1v) is 12.7. The number of pyridine rings is 2. The van der Waals surface area contributed by atoms with E-state index in [-0.39, 0.29) is 11.1 Å². The maximum atomic E-state index is 13.4. The van der Waals surface area contributed by atoms with Gasteiger partial charge < -0.3 is 20.9 Å². The number of alkyl halides is 3. The van der Waals surface area contributed by atoms with Crippen molar-refractivity contribution in [2.75, 3.05) is 24.1 Å². The molecule has 0 saturated heterocycles. The molecule has 3 heterocycles. The van der Waals surface area contributed by atoms with Crippen molar-refractivity contribution in [3.05, 3.63) is 106 Å². The molecule has 7 nitrogen and oxygen atoms in total. The molecule has 1 aliphatic heterocycles. The molecular weight excluding hydrogens is 538 g/mol. The van der Waals surface area contributed by atoms with E-state index in [2.05, 4.69) is 21.7 Å². The van der Waals surface area contributed by atoms with Crippen molar-refractivity contribution in [2.45, 2.75) is 19.1 Å². The summed E-state index contributed by atoms with van der Waals surface area (Å²) < 4.78 is 53.7. The standard InChI is InChI=1S/C30H25F4N5O2/c31-22-5-1-20(2-6-22)25-15-39(17-30(32,33)34)16-26(27(25)40)29(41)38-23-7-3-19(4-8-23)24-13-21(14-37-28(24)35)18-9-11-36-12-10-18/h1-9,13-16,36H,10-12,17H2,(H2,35,37)(H,38,41). The van der Waals surface area contributed by atoms with Gasteiger partial charge >= 0.3 is 6.18 Å². The second-order valence-corrected chi connectivity index (χ2v) is 9.58. The fraction of sp³-hybridized carbons (Fsp3) is 0.167. The van der Waals surface area contributed by atoms with Crippen LogP contribution >= 0.6 is 0 Å².